The highest BCUT2D eigenvalue weighted by atomic mass is 32.2. The molecule has 1 fully saturated rings. The van der Waals surface area contributed by atoms with Gasteiger partial charge in [0.15, 0.2) is 5.78 Å². The molecule has 0 aromatic carbocycles. The van der Waals surface area contributed by atoms with Crippen LogP contribution in [0.3, 0.4) is 0 Å². The van der Waals surface area contributed by atoms with Gasteiger partial charge >= 0.3 is 0 Å². The van der Waals surface area contributed by atoms with E-state index in [4.69, 9.17) is 0 Å². The van der Waals surface area contributed by atoms with Gasteiger partial charge in [0.2, 0.25) is 10.0 Å². The molecule has 0 saturated carbocycles. The Morgan fingerprint density at radius 2 is 1.90 bits per heavy atom. The van der Waals surface area contributed by atoms with E-state index in [-0.39, 0.29) is 11.7 Å². The van der Waals surface area contributed by atoms with E-state index in [1.54, 1.807) is 4.90 Å². The number of hydrogen-bond acceptors (Lipinski definition) is 4. The van der Waals surface area contributed by atoms with Gasteiger partial charge in [0.1, 0.15) is 5.69 Å². The van der Waals surface area contributed by atoms with Crippen LogP contribution in [-0.2, 0) is 10.0 Å². The third-order valence-electron chi connectivity index (χ3n) is 3.53. The van der Waals surface area contributed by atoms with Gasteiger partial charge in [0.25, 0.3) is 5.91 Å². The standard InChI is InChI=1S/C13H19N3O4S/c1-10(17)11-8-12(14-9-11)13(18)15-4-3-5-16(7-6-15)21(2,19)20/h8-9,14H,3-7H2,1-2H3. The summed E-state index contributed by atoms with van der Waals surface area (Å²) >= 11 is 0. The van der Waals surface area contributed by atoms with Crippen molar-refractivity contribution in [2.75, 3.05) is 32.4 Å². The topological polar surface area (TPSA) is 90.6 Å². The Morgan fingerprint density at radius 1 is 1.19 bits per heavy atom. The lowest BCUT2D eigenvalue weighted by atomic mass is 10.2. The van der Waals surface area contributed by atoms with Gasteiger partial charge < -0.3 is 9.88 Å². The molecule has 1 aliphatic rings. The Hall–Kier alpha value is -1.67. The zero-order valence-electron chi connectivity index (χ0n) is 12.1. The van der Waals surface area contributed by atoms with Crippen LogP contribution >= 0.6 is 0 Å². The zero-order valence-corrected chi connectivity index (χ0v) is 12.9. The van der Waals surface area contributed by atoms with Gasteiger partial charge in [-0.3, -0.25) is 9.59 Å². The first-order valence-corrected chi connectivity index (χ1v) is 8.57. The van der Waals surface area contributed by atoms with E-state index in [1.165, 1.54) is 29.7 Å². The maximum absolute atomic E-state index is 12.4. The first-order valence-electron chi connectivity index (χ1n) is 6.73. The zero-order chi connectivity index (χ0) is 15.6. The number of ketones is 1. The fourth-order valence-corrected chi connectivity index (χ4v) is 3.19. The van der Waals surface area contributed by atoms with Gasteiger partial charge in [-0.2, -0.15) is 0 Å². The van der Waals surface area contributed by atoms with Crippen molar-refractivity contribution >= 4 is 21.7 Å². The highest BCUT2D eigenvalue weighted by Gasteiger charge is 2.25. The maximum atomic E-state index is 12.4. The number of amides is 1. The number of Topliss-reactive ketones (excluding diaryl/α,β-unsaturated/α-hetero) is 1. The molecule has 0 spiro atoms. The number of hydrogen-bond donors (Lipinski definition) is 1. The molecule has 21 heavy (non-hydrogen) atoms. The number of aromatic nitrogens is 1. The summed E-state index contributed by atoms with van der Waals surface area (Å²) in [6.07, 6.45) is 3.28. The minimum Gasteiger partial charge on any atom is -0.356 e. The van der Waals surface area contributed by atoms with E-state index in [0.717, 1.165) is 0 Å². The summed E-state index contributed by atoms with van der Waals surface area (Å²) in [5.74, 6) is -0.317. The molecule has 1 saturated heterocycles. The Balaban J connectivity index is 2.08. The predicted octanol–water partition coefficient (Wildman–Crippen LogP) is 0.325. The molecule has 1 N–H and O–H groups in total. The minimum atomic E-state index is -3.23. The van der Waals surface area contributed by atoms with E-state index >= 15 is 0 Å². The van der Waals surface area contributed by atoms with Crippen LogP contribution in [0.15, 0.2) is 12.3 Å². The highest BCUT2D eigenvalue weighted by Crippen LogP contribution is 2.12. The summed E-state index contributed by atoms with van der Waals surface area (Å²) in [5, 5.41) is 0. The van der Waals surface area contributed by atoms with Crippen LogP contribution in [0.25, 0.3) is 0 Å². The van der Waals surface area contributed by atoms with Crippen LogP contribution in [0.1, 0.15) is 34.2 Å². The van der Waals surface area contributed by atoms with Crippen molar-refractivity contribution in [3.63, 3.8) is 0 Å². The monoisotopic (exact) mass is 313 g/mol. The van der Waals surface area contributed by atoms with Crippen LogP contribution in [0.4, 0.5) is 0 Å². The van der Waals surface area contributed by atoms with E-state index in [2.05, 4.69) is 4.98 Å². The van der Waals surface area contributed by atoms with E-state index in [1.807, 2.05) is 0 Å². The van der Waals surface area contributed by atoms with Crippen molar-refractivity contribution in [3.05, 3.63) is 23.5 Å². The molecular weight excluding hydrogens is 294 g/mol. The predicted molar refractivity (Wildman–Crippen MR) is 77.7 cm³/mol. The van der Waals surface area contributed by atoms with E-state index < -0.39 is 10.0 Å². The number of H-pyrrole nitrogens is 1. The van der Waals surface area contributed by atoms with Crippen LogP contribution in [0.5, 0.6) is 0 Å². The number of sulfonamides is 1. The molecule has 0 aliphatic carbocycles. The quantitative estimate of drug-likeness (QED) is 0.814. The SMILES string of the molecule is CC(=O)c1c[nH]c(C(=O)N2CCCN(S(C)(=O)=O)CC2)c1. The molecular formula is C13H19N3O4S. The van der Waals surface area contributed by atoms with Crippen molar-refractivity contribution in [1.82, 2.24) is 14.2 Å². The first-order chi connectivity index (χ1) is 9.79. The molecule has 0 unspecified atom stereocenters. The molecule has 0 atom stereocenters. The fourth-order valence-electron chi connectivity index (χ4n) is 2.32. The molecule has 116 valence electrons. The fraction of sp³-hybridized carbons (Fsp3) is 0.538. The summed E-state index contributed by atoms with van der Waals surface area (Å²) in [7, 11) is -3.23. The molecule has 1 aromatic heterocycles. The first kappa shape index (κ1) is 15.7. The Bertz CT molecular complexity index is 650. The lowest BCUT2D eigenvalue weighted by molar-refractivity contribution is 0.0759. The summed E-state index contributed by atoms with van der Waals surface area (Å²) in [6.45, 7) is 3.00. The second-order valence-corrected chi connectivity index (χ2v) is 7.15. The van der Waals surface area contributed by atoms with Crippen LogP contribution in [0.2, 0.25) is 0 Å². The largest absolute Gasteiger partial charge is 0.356 e. The average Bonchev–Trinajstić information content (AvgIpc) is 2.74. The Kier molecular flexibility index (Phi) is 4.48. The highest BCUT2D eigenvalue weighted by molar-refractivity contribution is 7.88. The second kappa shape index (κ2) is 5.98. The van der Waals surface area contributed by atoms with E-state index in [0.29, 0.717) is 43.9 Å². The summed E-state index contributed by atoms with van der Waals surface area (Å²) < 4.78 is 24.5. The van der Waals surface area contributed by atoms with Gasteiger partial charge in [-0.15, -0.1) is 0 Å². The van der Waals surface area contributed by atoms with E-state index in [9.17, 15) is 18.0 Å². The molecule has 1 aliphatic heterocycles. The number of carbonyl (C=O) groups excluding carboxylic acids is 2. The lowest BCUT2D eigenvalue weighted by Crippen LogP contribution is -2.37. The number of aromatic amines is 1. The normalized spacial score (nSPS) is 17.5. The van der Waals surface area contributed by atoms with Crippen molar-refractivity contribution < 1.29 is 18.0 Å². The summed E-state index contributed by atoms with van der Waals surface area (Å²) in [4.78, 5) is 28.0. The minimum absolute atomic E-state index is 0.107. The van der Waals surface area contributed by atoms with Gasteiger partial charge in [0, 0.05) is 37.9 Å². The Morgan fingerprint density at radius 3 is 2.48 bits per heavy atom. The number of nitrogens with zero attached hydrogens (tertiary/aromatic N) is 2. The third kappa shape index (κ3) is 3.70. The van der Waals surface area contributed by atoms with Crippen LogP contribution in [0, 0.1) is 0 Å². The molecule has 8 heteroatoms. The third-order valence-corrected chi connectivity index (χ3v) is 4.83. The van der Waals surface area contributed by atoms with Crippen molar-refractivity contribution in [1.29, 1.82) is 0 Å². The van der Waals surface area contributed by atoms with Gasteiger partial charge in [0.05, 0.1) is 6.26 Å². The van der Waals surface area contributed by atoms with Gasteiger partial charge in [-0.05, 0) is 19.4 Å². The molecule has 0 bridgehead atoms. The molecule has 2 rings (SSSR count). The van der Waals surface area contributed by atoms with Crippen LogP contribution < -0.4 is 0 Å². The second-order valence-electron chi connectivity index (χ2n) is 5.17. The molecule has 7 nitrogen and oxygen atoms in total. The Labute approximate surface area is 124 Å². The number of nitrogens with one attached hydrogen (secondary N) is 1. The van der Waals surface area contributed by atoms with Crippen molar-refractivity contribution in [2.24, 2.45) is 0 Å². The maximum Gasteiger partial charge on any atom is 0.270 e. The molecule has 0 radical (unpaired) electrons. The lowest BCUT2D eigenvalue weighted by Gasteiger charge is -2.20. The molecule has 2 heterocycles. The number of rotatable bonds is 3. The number of carbonyl (C=O) groups is 2. The van der Waals surface area contributed by atoms with Gasteiger partial charge in [-0.1, -0.05) is 0 Å². The summed E-state index contributed by atoms with van der Waals surface area (Å²) in [5.41, 5.74) is 0.818. The smallest absolute Gasteiger partial charge is 0.270 e. The van der Waals surface area contributed by atoms with Crippen molar-refractivity contribution in [2.45, 2.75) is 13.3 Å². The van der Waals surface area contributed by atoms with Gasteiger partial charge in [-0.25, -0.2) is 12.7 Å². The molecule has 1 amide bonds. The van der Waals surface area contributed by atoms with Crippen LogP contribution in [-0.4, -0.2) is 66.7 Å². The van der Waals surface area contributed by atoms with Crippen molar-refractivity contribution in [3.8, 4) is 0 Å². The molecule has 1 aromatic rings. The summed E-state index contributed by atoms with van der Waals surface area (Å²) in [6, 6.07) is 1.53. The average molecular weight is 313 g/mol.